The van der Waals surface area contributed by atoms with Crippen LogP contribution in [0.5, 0.6) is 0 Å². The number of nitrogens with zero attached hydrogens (tertiary/aromatic N) is 1. The molecule has 1 heterocycles. The molecule has 0 bridgehead atoms. The van der Waals surface area contributed by atoms with Gasteiger partial charge < -0.3 is 4.42 Å². The molecule has 0 N–H and O–H groups in total. The van der Waals surface area contributed by atoms with E-state index in [0.717, 1.165) is 0 Å². The van der Waals surface area contributed by atoms with Crippen molar-refractivity contribution in [1.29, 1.82) is 0 Å². The second kappa shape index (κ2) is 3.87. The molecule has 0 fully saturated rings. The van der Waals surface area contributed by atoms with Gasteiger partial charge in [-0.15, -0.1) is 0 Å². The number of halogens is 1. The van der Waals surface area contributed by atoms with E-state index < -0.39 is 5.63 Å². The maximum absolute atomic E-state index is 11.5. The zero-order valence-electron chi connectivity index (χ0n) is 8.03. The molecule has 0 saturated carbocycles. The third-order valence-corrected chi connectivity index (χ3v) is 2.34. The molecule has 1 aromatic carbocycles. The van der Waals surface area contributed by atoms with Crippen LogP contribution in [0.4, 0.5) is 0 Å². The second-order valence-electron chi connectivity index (χ2n) is 3.06. The topological polar surface area (TPSA) is 43.1 Å². The quantitative estimate of drug-likeness (QED) is 0.744. The van der Waals surface area contributed by atoms with Crippen LogP contribution in [0, 0.1) is 6.92 Å². The first-order chi connectivity index (χ1) is 7.18. The molecular weight excluding hydrogens is 214 g/mol. The largest absolute Gasteiger partial charge is 0.423 e. The molecule has 2 rings (SSSR count). The normalized spacial score (nSPS) is 10.3. The molecule has 15 heavy (non-hydrogen) atoms. The van der Waals surface area contributed by atoms with Crippen molar-refractivity contribution in [3.8, 4) is 11.3 Å². The van der Waals surface area contributed by atoms with Crippen molar-refractivity contribution in [2.45, 2.75) is 6.92 Å². The lowest BCUT2D eigenvalue weighted by atomic mass is 10.2. The standard InChI is InChI=1S/C11H8ClNO2/c1-7-10(12)13-9(11(14)15-7)8-5-3-2-4-6-8/h2-6H,1H3. The van der Waals surface area contributed by atoms with Gasteiger partial charge in [0.1, 0.15) is 5.76 Å². The van der Waals surface area contributed by atoms with Crippen LogP contribution >= 0.6 is 11.6 Å². The fourth-order valence-corrected chi connectivity index (χ4v) is 1.35. The molecule has 76 valence electrons. The van der Waals surface area contributed by atoms with Gasteiger partial charge in [0, 0.05) is 5.56 Å². The van der Waals surface area contributed by atoms with E-state index in [0.29, 0.717) is 11.3 Å². The smallest absolute Gasteiger partial charge is 0.362 e. The van der Waals surface area contributed by atoms with Crippen LogP contribution in [-0.2, 0) is 0 Å². The first kappa shape index (κ1) is 9.93. The van der Waals surface area contributed by atoms with Gasteiger partial charge in [-0.3, -0.25) is 0 Å². The average molecular weight is 222 g/mol. The molecule has 0 aliphatic rings. The van der Waals surface area contributed by atoms with Crippen LogP contribution in [-0.4, -0.2) is 4.98 Å². The Balaban J connectivity index is 2.65. The summed E-state index contributed by atoms with van der Waals surface area (Å²) in [6, 6.07) is 9.07. The molecule has 0 amide bonds. The van der Waals surface area contributed by atoms with Gasteiger partial charge in [-0.05, 0) is 6.92 Å². The highest BCUT2D eigenvalue weighted by Gasteiger charge is 2.09. The summed E-state index contributed by atoms with van der Waals surface area (Å²) in [6.45, 7) is 1.60. The summed E-state index contributed by atoms with van der Waals surface area (Å²) in [5, 5.41) is 0.216. The maximum Gasteiger partial charge on any atom is 0.362 e. The molecule has 0 radical (unpaired) electrons. The Kier molecular flexibility index (Phi) is 2.56. The summed E-state index contributed by atoms with van der Waals surface area (Å²) < 4.78 is 4.94. The van der Waals surface area contributed by atoms with Gasteiger partial charge in [-0.2, -0.15) is 0 Å². The third-order valence-electron chi connectivity index (χ3n) is 1.99. The number of rotatable bonds is 1. The summed E-state index contributed by atoms with van der Waals surface area (Å²) >= 11 is 5.79. The van der Waals surface area contributed by atoms with Gasteiger partial charge >= 0.3 is 5.63 Å². The first-order valence-corrected chi connectivity index (χ1v) is 4.79. The highest BCUT2D eigenvalue weighted by molar-refractivity contribution is 6.30. The van der Waals surface area contributed by atoms with Crippen molar-refractivity contribution in [3.63, 3.8) is 0 Å². The Bertz CT molecular complexity index is 534. The first-order valence-electron chi connectivity index (χ1n) is 4.41. The molecule has 4 heteroatoms. The van der Waals surface area contributed by atoms with Gasteiger partial charge in [0.15, 0.2) is 10.8 Å². The van der Waals surface area contributed by atoms with Crippen LogP contribution in [0.1, 0.15) is 5.76 Å². The van der Waals surface area contributed by atoms with E-state index in [1.807, 2.05) is 18.2 Å². The highest BCUT2D eigenvalue weighted by Crippen LogP contribution is 2.16. The Morgan fingerprint density at radius 2 is 1.93 bits per heavy atom. The van der Waals surface area contributed by atoms with Crippen LogP contribution < -0.4 is 5.63 Å². The molecule has 1 aromatic heterocycles. The minimum Gasteiger partial charge on any atom is -0.423 e. The van der Waals surface area contributed by atoms with Crippen molar-refractivity contribution in [2.24, 2.45) is 0 Å². The highest BCUT2D eigenvalue weighted by atomic mass is 35.5. The minimum absolute atomic E-state index is 0.216. The van der Waals surface area contributed by atoms with Gasteiger partial charge in [0.25, 0.3) is 0 Å². The summed E-state index contributed by atoms with van der Waals surface area (Å²) in [7, 11) is 0. The summed E-state index contributed by atoms with van der Waals surface area (Å²) in [5.41, 5.74) is 0.474. The van der Waals surface area contributed by atoms with E-state index in [2.05, 4.69) is 4.98 Å². The Labute approximate surface area is 91.3 Å². The monoisotopic (exact) mass is 221 g/mol. The number of aromatic nitrogens is 1. The SMILES string of the molecule is Cc1oc(=O)c(-c2ccccc2)nc1Cl. The van der Waals surface area contributed by atoms with Crippen molar-refractivity contribution >= 4 is 11.6 Å². The molecule has 0 aliphatic heterocycles. The van der Waals surface area contributed by atoms with Crippen molar-refractivity contribution in [1.82, 2.24) is 4.98 Å². The van der Waals surface area contributed by atoms with Crippen molar-refractivity contribution < 1.29 is 4.42 Å². The summed E-state index contributed by atoms with van der Waals surface area (Å²) in [4.78, 5) is 15.5. The number of hydrogen-bond acceptors (Lipinski definition) is 3. The van der Waals surface area contributed by atoms with Crippen LogP contribution in [0.2, 0.25) is 5.15 Å². The Hall–Kier alpha value is -1.61. The molecule has 0 saturated heterocycles. The predicted molar refractivity (Wildman–Crippen MR) is 58.0 cm³/mol. The predicted octanol–water partition coefficient (Wildman–Crippen LogP) is 2.66. The molecule has 0 atom stereocenters. The van der Waals surface area contributed by atoms with Gasteiger partial charge in [-0.1, -0.05) is 41.9 Å². The number of aryl methyl sites for hydroxylation is 1. The molecule has 0 unspecified atom stereocenters. The van der Waals surface area contributed by atoms with Crippen LogP contribution in [0.15, 0.2) is 39.5 Å². The molecular formula is C11H8ClNO2. The van der Waals surface area contributed by atoms with E-state index in [1.54, 1.807) is 19.1 Å². The van der Waals surface area contributed by atoms with Crippen molar-refractivity contribution in [2.75, 3.05) is 0 Å². The lowest BCUT2D eigenvalue weighted by Crippen LogP contribution is -2.07. The number of hydrogen-bond donors (Lipinski definition) is 0. The van der Waals surface area contributed by atoms with Gasteiger partial charge in [-0.25, -0.2) is 9.78 Å². The van der Waals surface area contributed by atoms with Crippen LogP contribution in [0.25, 0.3) is 11.3 Å². The van der Waals surface area contributed by atoms with Gasteiger partial charge in [0.05, 0.1) is 0 Å². The van der Waals surface area contributed by atoms with E-state index in [4.69, 9.17) is 16.0 Å². The average Bonchev–Trinajstić information content (AvgIpc) is 2.25. The molecule has 3 nitrogen and oxygen atoms in total. The maximum atomic E-state index is 11.5. The number of benzene rings is 1. The molecule has 2 aromatic rings. The Morgan fingerprint density at radius 1 is 1.27 bits per heavy atom. The van der Waals surface area contributed by atoms with E-state index in [1.165, 1.54) is 0 Å². The van der Waals surface area contributed by atoms with E-state index in [-0.39, 0.29) is 10.8 Å². The van der Waals surface area contributed by atoms with Gasteiger partial charge in [0.2, 0.25) is 0 Å². The molecule has 0 spiro atoms. The zero-order valence-corrected chi connectivity index (χ0v) is 8.78. The summed E-state index contributed by atoms with van der Waals surface area (Å²) in [6.07, 6.45) is 0. The minimum atomic E-state index is -0.469. The zero-order chi connectivity index (χ0) is 10.8. The second-order valence-corrected chi connectivity index (χ2v) is 3.42. The summed E-state index contributed by atoms with van der Waals surface area (Å²) in [5.74, 6) is 0.335. The lowest BCUT2D eigenvalue weighted by molar-refractivity contribution is 0.475. The lowest BCUT2D eigenvalue weighted by Gasteiger charge is -2.00. The fraction of sp³-hybridized carbons (Fsp3) is 0.0909. The third kappa shape index (κ3) is 1.92. The van der Waals surface area contributed by atoms with E-state index >= 15 is 0 Å². The van der Waals surface area contributed by atoms with Crippen LogP contribution in [0.3, 0.4) is 0 Å². The fourth-order valence-electron chi connectivity index (χ4n) is 1.23. The molecule has 0 aliphatic carbocycles. The Morgan fingerprint density at radius 3 is 2.60 bits per heavy atom. The van der Waals surface area contributed by atoms with Crippen molar-refractivity contribution in [3.05, 3.63) is 51.7 Å². The van der Waals surface area contributed by atoms with E-state index in [9.17, 15) is 4.79 Å².